The molecule has 0 spiro atoms. The predicted molar refractivity (Wildman–Crippen MR) is 131 cm³/mol. The van der Waals surface area contributed by atoms with Gasteiger partial charge in [0.2, 0.25) is 9.84 Å². The van der Waals surface area contributed by atoms with Crippen molar-refractivity contribution in [2.75, 3.05) is 5.73 Å². The maximum atomic E-state index is 13.6. The second-order valence-corrected chi connectivity index (χ2v) is 9.85. The maximum Gasteiger partial charge on any atom is 0.212 e. The van der Waals surface area contributed by atoms with Gasteiger partial charge in [0.1, 0.15) is 16.2 Å². The summed E-state index contributed by atoms with van der Waals surface area (Å²) >= 11 is 5.95. The van der Waals surface area contributed by atoms with Gasteiger partial charge in [0.15, 0.2) is 5.65 Å². The standard InChI is InChI=1S/C24H18ClN5O2S/c1-15-5-4-6-16(13-15)14-27-30-23(26)22(33(31,32)18-11-9-17(25)10-12-18)21-24(30)29-20-8-3-2-7-19(20)28-21/h2-14H,26H2,1H3/b27-14+. The summed E-state index contributed by atoms with van der Waals surface area (Å²) in [5, 5.41) is 4.90. The average Bonchev–Trinajstić information content (AvgIpc) is 3.07. The van der Waals surface area contributed by atoms with Crippen molar-refractivity contribution in [3.05, 3.63) is 88.9 Å². The molecular weight excluding hydrogens is 458 g/mol. The fraction of sp³-hybridized carbons (Fsp3) is 0.0417. The van der Waals surface area contributed by atoms with E-state index < -0.39 is 9.84 Å². The Hall–Kier alpha value is -3.75. The summed E-state index contributed by atoms with van der Waals surface area (Å²) in [5.74, 6) is -0.0702. The number of aromatic nitrogens is 3. The summed E-state index contributed by atoms with van der Waals surface area (Å²) in [5.41, 5.74) is 9.86. The number of anilines is 1. The molecule has 0 atom stereocenters. The van der Waals surface area contributed by atoms with Crippen LogP contribution in [0.4, 0.5) is 5.82 Å². The molecule has 0 amide bonds. The normalized spacial score (nSPS) is 12.2. The van der Waals surface area contributed by atoms with Gasteiger partial charge in [-0.15, -0.1) is 0 Å². The lowest BCUT2D eigenvalue weighted by Crippen LogP contribution is -2.06. The molecule has 9 heteroatoms. The highest BCUT2D eigenvalue weighted by atomic mass is 35.5. The minimum Gasteiger partial charge on any atom is -0.382 e. The molecule has 0 saturated carbocycles. The fourth-order valence-electron chi connectivity index (χ4n) is 3.61. The minimum absolute atomic E-state index is 0.0512. The minimum atomic E-state index is -4.03. The Kier molecular flexibility index (Phi) is 5.11. The van der Waals surface area contributed by atoms with Crippen LogP contribution in [0.5, 0.6) is 0 Å². The van der Waals surface area contributed by atoms with Crippen LogP contribution >= 0.6 is 11.6 Å². The maximum absolute atomic E-state index is 13.6. The van der Waals surface area contributed by atoms with E-state index in [0.717, 1.165) is 11.1 Å². The van der Waals surface area contributed by atoms with Crippen LogP contribution in [-0.4, -0.2) is 29.3 Å². The molecule has 0 unspecified atom stereocenters. The van der Waals surface area contributed by atoms with Crippen LogP contribution < -0.4 is 5.73 Å². The zero-order chi connectivity index (χ0) is 23.2. The molecule has 5 rings (SSSR count). The van der Waals surface area contributed by atoms with Crippen LogP contribution in [0.3, 0.4) is 0 Å². The van der Waals surface area contributed by atoms with E-state index in [1.807, 2.05) is 43.3 Å². The summed E-state index contributed by atoms with van der Waals surface area (Å²) in [6.45, 7) is 1.98. The second kappa shape index (κ2) is 7.99. The highest BCUT2D eigenvalue weighted by molar-refractivity contribution is 7.92. The summed E-state index contributed by atoms with van der Waals surface area (Å²) in [7, 11) is -4.03. The van der Waals surface area contributed by atoms with Gasteiger partial charge in [-0.1, -0.05) is 53.6 Å². The molecule has 0 radical (unpaired) electrons. The first-order chi connectivity index (χ1) is 15.8. The molecule has 0 aliphatic carbocycles. The lowest BCUT2D eigenvalue weighted by atomic mass is 10.2. The van der Waals surface area contributed by atoms with Crippen LogP contribution in [0.1, 0.15) is 11.1 Å². The first-order valence-electron chi connectivity index (χ1n) is 10.0. The Labute approximate surface area is 195 Å². The number of para-hydroxylation sites is 2. The van der Waals surface area contributed by atoms with Crippen molar-refractivity contribution in [3.8, 4) is 0 Å². The van der Waals surface area contributed by atoms with Gasteiger partial charge in [-0.05, 0) is 48.9 Å². The van der Waals surface area contributed by atoms with Gasteiger partial charge in [-0.3, -0.25) is 0 Å². The van der Waals surface area contributed by atoms with E-state index in [9.17, 15) is 8.42 Å². The number of aryl methyl sites for hydroxylation is 1. The van der Waals surface area contributed by atoms with E-state index in [2.05, 4.69) is 15.1 Å². The first kappa shape index (κ1) is 21.1. The van der Waals surface area contributed by atoms with E-state index in [4.69, 9.17) is 17.3 Å². The monoisotopic (exact) mass is 475 g/mol. The van der Waals surface area contributed by atoms with Crippen molar-refractivity contribution in [2.45, 2.75) is 16.7 Å². The van der Waals surface area contributed by atoms with Gasteiger partial charge in [0.05, 0.1) is 22.1 Å². The number of hydrogen-bond donors (Lipinski definition) is 1. The van der Waals surface area contributed by atoms with Crippen molar-refractivity contribution in [1.29, 1.82) is 0 Å². The number of sulfone groups is 1. The molecule has 2 aromatic heterocycles. The van der Waals surface area contributed by atoms with E-state index >= 15 is 0 Å². The van der Waals surface area contributed by atoms with Crippen LogP contribution in [0.25, 0.3) is 22.2 Å². The Balaban J connectivity index is 1.79. The summed E-state index contributed by atoms with van der Waals surface area (Å²) in [4.78, 5) is 9.14. The summed E-state index contributed by atoms with van der Waals surface area (Å²) < 4.78 is 28.5. The molecule has 0 bridgehead atoms. The number of fused-ring (bicyclic) bond motifs is 2. The lowest BCUT2D eigenvalue weighted by Gasteiger charge is -2.05. The van der Waals surface area contributed by atoms with E-state index in [0.29, 0.717) is 16.1 Å². The Morgan fingerprint density at radius 2 is 1.67 bits per heavy atom. The van der Waals surface area contributed by atoms with E-state index in [1.165, 1.54) is 28.9 Å². The molecule has 0 aliphatic rings. The molecule has 33 heavy (non-hydrogen) atoms. The number of benzene rings is 3. The third-order valence-corrected chi connectivity index (χ3v) is 7.27. The number of nitrogen functional groups attached to an aromatic ring is 1. The van der Waals surface area contributed by atoms with Crippen LogP contribution in [0.2, 0.25) is 5.02 Å². The number of nitrogens with two attached hydrogens (primary N) is 1. The van der Waals surface area contributed by atoms with Gasteiger partial charge in [0, 0.05) is 5.02 Å². The number of halogens is 1. The smallest absolute Gasteiger partial charge is 0.212 e. The zero-order valence-electron chi connectivity index (χ0n) is 17.5. The van der Waals surface area contributed by atoms with Crippen molar-refractivity contribution < 1.29 is 8.42 Å². The molecule has 3 aromatic carbocycles. The van der Waals surface area contributed by atoms with Crippen LogP contribution in [0.15, 0.2) is 87.7 Å². The number of hydrogen-bond acceptors (Lipinski definition) is 6. The van der Waals surface area contributed by atoms with Crippen molar-refractivity contribution in [2.24, 2.45) is 5.10 Å². The van der Waals surface area contributed by atoms with Gasteiger partial charge in [-0.2, -0.15) is 9.78 Å². The third kappa shape index (κ3) is 3.73. The van der Waals surface area contributed by atoms with Crippen molar-refractivity contribution in [3.63, 3.8) is 0 Å². The predicted octanol–water partition coefficient (Wildman–Crippen LogP) is 4.84. The van der Waals surface area contributed by atoms with E-state index in [1.54, 1.807) is 18.3 Å². The largest absolute Gasteiger partial charge is 0.382 e. The van der Waals surface area contributed by atoms with Crippen molar-refractivity contribution >= 4 is 55.7 Å². The van der Waals surface area contributed by atoms with Crippen LogP contribution in [0, 0.1) is 6.92 Å². The quantitative estimate of drug-likeness (QED) is 0.374. The zero-order valence-corrected chi connectivity index (χ0v) is 19.0. The van der Waals surface area contributed by atoms with Gasteiger partial charge in [-0.25, -0.2) is 18.4 Å². The molecule has 0 saturated heterocycles. The highest BCUT2D eigenvalue weighted by Gasteiger charge is 2.30. The molecule has 0 fully saturated rings. The fourth-order valence-corrected chi connectivity index (χ4v) is 5.22. The average molecular weight is 476 g/mol. The highest BCUT2D eigenvalue weighted by Crippen LogP contribution is 2.35. The number of rotatable bonds is 4. The molecule has 7 nitrogen and oxygen atoms in total. The third-order valence-electron chi connectivity index (χ3n) is 5.19. The Morgan fingerprint density at radius 3 is 2.36 bits per heavy atom. The molecule has 164 valence electrons. The molecule has 5 aromatic rings. The van der Waals surface area contributed by atoms with E-state index in [-0.39, 0.29) is 26.8 Å². The summed E-state index contributed by atoms with van der Waals surface area (Å²) in [6, 6.07) is 20.9. The Morgan fingerprint density at radius 1 is 0.970 bits per heavy atom. The molecule has 2 N–H and O–H groups in total. The van der Waals surface area contributed by atoms with Gasteiger partial charge in [0.25, 0.3) is 0 Å². The topological polar surface area (TPSA) is 103 Å². The Bertz CT molecular complexity index is 1660. The summed E-state index contributed by atoms with van der Waals surface area (Å²) in [6.07, 6.45) is 1.61. The van der Waals surface area contributed by atoms with Gasteiger partial charge >= 0.3 is 0 Å². The number of nitrogens with zero attached hydrogens (tertiary/aromatic N) is 4. The van der Waals surface area contributed by atoms with Gasteiger partial charge < -0.3 is 5.73 Å². The van der Waals surface area contributed by atoms with Crippen molar-refractivity contribution in [1.82, 2.24) is 14.6 Å². The SMILES string of the molecule is Cc1cccc(/C=N/n2c(N)c(S(=O)(=O)c3ccc(Cl)cc3)c3nc4ccccc4nc32)c1. The molecule has 2 heterocycles. The molecular formula is C24H18ClN5O2S. The molecule has 0 aliphatic heterocycles. The lowest BCUT2D eigenvalue weighted by molar-refractivity contribution is 0.597. The second-order valence-electron chi connectivity index (χ2n) is 7.53. The van der Waals surface area contributed by atoms with Crippen LogP contribution in [-0.2, 0) is 9.84 Å². The first-order valence-corrected chi connectivity index (χ1v) is 11.9.